The van der Waals surface area contributed by atoms with Crippen LogP contribution < -0.4 is 0 Å². The number of hydrogen-bond donors (Lipinski definition) is 1. The lowest BCUT2D eigenvalue weighted by molar-refractivity contribution is -0.133. The minimum atomic E-state index is -0.828. The summed E-state index contributed by atoms with van der Waals surface area (Å²) in [6.45, 7) is 3.10. The monoisotopic (exact) mass is 273 g/mol. The van der Waals surface area contributed by atoms with E-state index in [-0.39, 0.29) is 10.5 Å². The Kier molecular flexibility index (Phi) is 3.98. The second-order valence-corrected chi connectivity index (χ2v) is 6.95. The molecule has 1 aliphatic heterocycles. The molecule has 1 aliphatic rings. The fourth-order valence-corrected chi connectivity index (χ4v) is 3.85. The molecule has 1 N–H and O–H groups in total. The minimum absolute atomic E-state index is 0.0303. The van der Waals surface area contributed by atoms with Gasteiger partial charge >= 0.3 is 5.97 Å². The normalized spacial score (nSPS) is 24.1. The van der Waals surface area contributed by atoms with Gasteiger partial charge in [-0.05, 0) is 25.5 Å². The molecular formula is C10H15N3O2S2. The van der Waals surface area contributed by atoms with Crippen LogP contribution >= 0.6 is 23.5 Å². The van der Waals surface area contributed by atoms with E-state index >= 15 is 0 Å². The topological polar surface area (TPSA) is 68.0 Å². The second-order valence-electron chi connectivity index (χ2n) is 4.33. The van der Waals surface area contributed by atoms with Crippen molar-refractivity contribution >= 4 is 29.5 Å². The fraction of sp³-hybridized carbons (Fsp3) is 0.700. The van der Waals surface area contributed by atoms with Gasteiger partial charge in [0.25, 0.3) is 0 Å². The van der Waals surface area contributed by atoms with Gasteiger partial charge < -0.3 is 9.67 Å². The maximum absolute atomic E-state index is 10.5. The number of carboxylic acid groups (broad SMARTS) is 1. The van der Waals surface area contributed by atoms with Crippen molar-refractivity contribution in [2.45, 2.75) is 36.2 Å². The zero-order valence-electron chi connectivity index (χ0n) is 9.63. The van der Waals surface area contributed by atoms with Crippen molar-refractivity contribution in [1.29, 1.82) is 0 Å². The molecule has 5 nitrogen and oxygen atoms in total. The second kappa shape index (κ2) is 5.30. The molecule has 1 aromatic heterocycles. The van der Waals surface area contributed by atoms with Crippen LogP contribution in [-0.2, 0) is 11.3 Å². The van der Waals surface area contributed by atoms with Crippen LogP contribution in [0.4, 0.5) is 0 Å². The van der Waals surface area contributed by atoms with Crippen LogP contribution in [0.25, 0.3) is 0 Å². The lowest BCUT2D eigenvalue weighted by atomic mass is 10.1. The molecule has 17 heavy (non-hydrogen) atoms. The summed E-state index contributed by atoms with van der Waals surface area (Å²) in [5.74, 6) is 0.407. The van der Waals surface area contributed by atoms with Gasteiger partial charge in [-0.15, -0.1) is 10.2 Å². The molecule has 94 valence electrons. The smallest absolute Gasteiger partial charge is 0.313 e. The number of carboxylic acids is 1. The van der Waals surface area contributed by atoms with Crippen molar-refractivity contribution < 1.29 is 9.90 Å². The number of aromatic nitrogens is 3. The summed E-state index contributed by atoms with van der Waals surface area (Å²) in [6.07, 6.45) is 4.13. The van der Waals surface area contributed by atoms with Crippen LogP contribution in [0.15, 0.2) is 11.5 Å². The molecule has 0 aromatic carbocycles. The first-order valence-corrected chi connectivity index (χ1v) is 7.43. The first-order chi connectivity index (χ1) is 8.09. The van der Waals surface area contributed by atoms with E-state index in [1.807, 2.05) is 16.3 Å². The molecule has 0 radical (unpaired) electrons. The Hall–Kier alpha value is -0.690. The van der Waals surface area contributed by atoms with Crippen molar-refractivity contribution in [2.75, 3.05) is 11.5 Å². The number of thioether (sulfide) groups is 2. The summed E-state index contributed by atoms with van der Waals surface area (Å²) in [5.41, 5.74) is 0. The van der Waals surface area contributed by atoms with E-state index < -0.39 is 5.97 Å². The highest BCUT2D eigenvalue weighted by atomic mass is 32.2. The van der Waals surface area contributed by atoms with E-state index in [2.05, 4.69) is 17.1 Å². The van der Waals surface area contributed by atoms with Gasteiger partial charge in [0.2, 0.25) is 0 Å². The molecule has 0 aliphatic carbocycles. The molecule has 0 bridgehead atoms. The summed E-state index contributed by atoms with van der Waals surface area (Å²) < 4.78 is 2.20. The van der Waals surface area contributed by atoms with Crippen molar-refractivity contribution in [1.82, 2.24) is 14.8 Å². The lowest BCUT2D eigenvalue weighted by Crippen LogP contribution is -2.23. The fourth-order valence-electron chi connectivity index (χ4n) is 1.91. The molecule has 1 aromatic rings. The summed E-state index contributed by atoms with van der Waals surface area (Å²) in [5, 5.41) is 17.2. The molecule has 7 heteroatoms. The summed E-state index contributed by atoms with van der Waals surface area (Å²) in [4.78, 5) is 10.5. The summed E-state index contributed by atoms with van der Waals surface area (Å²) >= 11 is 3.20. The Labute approximate surface area is 108 Å². The quantitative estimate of drug-likeness (QED) is 0.824. The van der Waals surface area contributed by atoms with Gasteiger partial charge in [-0.25, -0.2) is 0 Å². The number of rotatable bonds is 5. The zero-order valence-corrected chi connectivity index (χ0v) is 11.3. The van der Waals surface area contributed by atoms with Crippen LogP contribution in [0.5, 0.6) is 0 Å². The van der Waals surface area contributed by atoms with E-state index in [1.165, 1.54) is 30.4 Å². The molecule has 1 saturated heterocycles. The number of nitrogens with zero attached hydrogens (tertiary/aromatic N) is 3. The highest BCUT2D eigenvalue weighted by Crippen LogP contribution is 2.39. The summed E-state index contributed by atoms with van der Waals surface area (Å²) in [6, 6.07) is 0. The largest absolute Gasteiger partial charge is 0.481 e. The average Bonchev–Trinajstić information content (AvgIpc) is 2.85. The third kappa shape index (κ3) is 3.38. The van der Waals surface area contributed by atoms with Crippen molar-refractivity contribution in [3.8, 4) is 0 Å². The van der Waals surface area contributed by atoms with Gasteiger partial charge in [0, 0.05) is 11.3 Å². The number of aliphatic carboxylic acids is 1. The van der Waals surface area contributed by atoms with E-state index in [0.29, 0.717) is 5.16 Å². The Morgan fingerprint density at radius 1 is 1.76 bits per heavy atom. The minimum Gasteiger partial charge on any atom is -0.481 e. The van der Waals surface area contributed by atoms with Crippen LogP contribution in [0.2, 0.25) is 0 Å². The van der Waals surface area contributed by atoms with Crippen molar-refractivity contribution in [3.05, 3.63) is 6.33 Å². The molecule has 1 atom stereocenters. The average molecular weight is 273 g/mol. The zero-order chi connectivity index (χ0) is 12.3. The maximum Gasteiger partial charge on any atom is 0.313 e. The van der Waals surface area contributed by atoms with Crippen LogP contribution in [0.1, 0.15) is 19.8 Å². The van der Waals surface area contributed by atoms with Gasteiger partial charge in [0.1, 0.15) is 6.33 Å². The van der Waals surface area contributed by atoms with Gasteiger partial charge in [-0.2, -0.15) is 11.8 Å². The standard InChI is InChI=1S/C10H15N3O2S2/c1-10(3-2-4-17-10)6-13-7-11-12-9(13)16-5-8(14)15/h7H,2-6H2,1H3,(H,14,15). The van der Waals surface area contributed by atoms with Crippen LogP contribution in [0, 0.1) is 0 Å². The van der Waals surface area contributed by atoms with Crippen molar-refractivity contribution in [3.63, 3.8) is 0 Å². The predicted molar refractivity (Wildman–Crippen MR) is 68.5 cm³/mol. The molecule has 1 fully saturated rings. The Bertz CT molecular complexity index is 402. The first kappa shape index (κ1) is 12.8. The van der Waals surface area contributed by atoms with E-state index in [4.69, 9.17) is 5.11 Å². The number of hydrogen-bond acceptors (Lipinski definition) is 5. The molecule has 1 unspecified atom stereocenters. The molecule has 2 rings (SSSR count). The molecule has 0 spiro atoms. The van der Waals surface area contributed by atoms with Crippen LogP contribution in [-0.4, -0.2) is 42.1 Å². The van der Waals surface area contributed by atoms with Crippen LogP contribution in [0.3, 0.4) is 0 Å². The van der Waals surface area contributed by atoms with Gasteiger partial charge in [-0.3, -0.25) is 4.79 Å². The maximum atomic E-state index is 10.5. The highest BCUT2D eigenvalue weighted by Gasteiger charge is 2.30. The van der Waals surface area contributed by atoms with Gasteiger partial charge in [0.15, 0.2) is 5.16 Å². The Morgan fingerprint density at radius 2 is 2.59 bits per heavy atom. The lowest BCUT2D eigenvalue weighted by Gasteiger charge is -2.23. The molecular weight excluding hydrogens is 258 g/mol. The third-order valence-electron chi connectivity index (χ3n) is 2.71. The highest BCUT2D eigenvalue weighted by molar-refractivity contribution is 8.00. The number of carbonyl (C=O) groups is 1. The SMILES string of the molecule is CC1(Cn2cnnc2SCC(=O)O)CCCS1. The van der Waals surface area contributed by atoms with Gasteiger partial charge in [-0.1, -0.05) is 11.8 Å². The third-order valence-corrected chi connectivity index (χ3v) is 5.20. The molecule has 0 amide bonds. The first-order valence-electron chi connectivity index (χ1n) is 5.45. The summed E-state index contributed by atoms with van der Waals surface area (Å²) in [7, 11) is 0. The Morgan fingerprint density at radius 3 is 3.24 bits per heavy atom. The van der Waals surface area contributed by atoms with Gasteiger partial charge in [0.05, 0.1) is 5.75 Å². The molecule has 0 saturated carbocycles. The Balaban J connectivity index is 2.00. The predicted octanol–water partition coefficient (Wildman–Crippen LogP) is 1.74. The van der Waals surface area contributed by atoms with E-state index in [0.717, 1.165) is 6.54 Å². The van der Waals surface area contributed by atoms with E-state index in [9.17, 15) is 4.79 Å². The molecule has 2 heterocycles. The van der Waals surface area contributed by atoms with Crippen molar-refractivity contribution in [2.24, 2.45) is 0 Å². The van der Waals surface area contributed by atoms with E-state index in [1.54, 1.807) is 6.33 Å².